The van der Waals surface area contributed by atoms with Crippen molar-refractivity contribution in [3.05, 3.63) is 58.6 Å². The molecule has 6 nitrogen and oxygen atoms in total. The summed E-state index contributed by atoms with van der Waals surface area (Å²) in [5, 5.41) is 5.28. The first kappa shape index (κ1) is 19.8. The largest absolute Gasteiger partial charge is 0.351 e. The number of halogens is 2. The van der Waals surface area contributed by atoms with Gasteiger partial charge in [-0.25, -0.2) is 4.39 Å². The van der Waals surface area contributed by atoms with Crippen LogP contribution in [0.25, 0.3) is 0 Å². The number of pyridine rings is 1. The van der Waals surface area contributed by atoms with Gasteiger partial charge in [-0.1, -0.05) is 11.6 Å². The number of benzene rings is 1. The molecule has 0 saturated heterocycles. The lowest BCUT2D eigenvalue weighted by Crippen LogP contribution is -2.28. The van der Waals surface area contributed by atoms with Crippen molar-refractivity contribution in [3.63, 3.8) is 0 Å². The highest BCUT2D eigenvalue weighted by Gasteiger charge is 2.12. The van der Waals surface area contributed by atoms with E-state index in [4.69, 9.17) is 11.6 Å². The van der Waals surface area contributed by atoms with E-state index in [-0.39, 0.29) is 22.2 Å². The lowest BCUT2D eigenvalue weighted by Gasteiger charge is -2.10. The Morgan fingerprint density at radius 2 is 1.96 bits per heavy atom. The molecule has 0 bridgehead atoms. The molecule has 8 heteroatoms. The van der Waals surface area contributed by atoms with Gasteiger partial charge in [0.2, 0.25) is 0 Å². The zero-order chi connectivity index (χ0) is 19.1. The minimum Gasteiger partial charge on any atom is -0.351 e. The number of nitrogens with one attached hydrogen (secondary N) is 2. The second kappa shape index (κ2) is 9.26. The number of rotatable bonds is 7. The van der Waals surface area contributed by atoms with Crippen molar-refractivity contribution in [1.29, 1.82) is 0 Å². The third-order valence-electron chi connectivity index (χ3n) is 3.50. The van der Waals surface area contributed by atoms with Crippen LogP contribution < -0.4 is 10.6 Å². The van der Waals surface area contributed by atoms with Crippen molar-refractivity contribution in [2.75, 3.05) is 32.5 Å². The van der Waals surface area contributed by atoms with E-state index in [1.165, 1.54) is 30.5 Å². The van der Waals surface area contributed by atoms with Gasteiger partial charge in [0.1, 0.15) is 11.5 Å². The van der Waals surface area contributed by atoms with Crippen LogP contribution in [0.3, 0.4) is 0 Å². The number of aromatic nitrogens is 1. The van der Waals surface area contributed by atoms with E-state index in [0.717, 1.165) is 19.0 Å². The van der Waals surface area contributed by atoms with Gasteiger partial charge in [0.15, 0.2) is 0 Å². The van der Waals surface area contributed by atoms with Crippen LogP contribution in [-0.2, 0) is 0 Å². The number of anilines is 1. The Bertz CT molecular complexity index is 799. The topological polar surface area (TPSA) is 74.3 Å². The summed E-state index contributed by atoms with van der Waals surface area (Å²) in [6.45, 7) is 1.37. The standard InChI is InChI=1S/C18H20ClFN4O2/c1-24(2)9-3-7-22-18(26)16-10-12(6-8-21-16)17(25)23-13-4-5-15(20)14(19)11-13/h4-6,8,10-11H,3,7,9H2,1-2H3,(H,22,26)(H,23,25). The highest BCUT2D eigenvalue weighted by Crippen LogP contribution is 2.20. The van der Waals surface area contributed by atoms with Gasteiger partial charge < -0.3 is 15.5 Å². The average Bonchev–Trinajstić information content (AvgIpc) is 2.61. The highest BCUT2D eigenvalue weighted by atomic mass is 35.5. The van der Waals surface area contributed by atoms with E-state index >= 15 is 0 Å². The van der Waals surface area contributed by atoms with Crippen LogP contribution in [0, 0.1) is 5.82 Å². The number of carbonyl (C=O) groups excluding carboxylic acids is 2. The summed E-state index contributed by atoms with van der Waals surface area (Å²) in [5.41, 5.74) is 0.770. The van der Waals surface area contributed by atoms with E-state index in [9.17, 15) is 14.0 Å². The Morgan fingerprint density at radius 1 is 1.19 bits per heavy atom. The summed E-state index contributed by atoms with van der Waals surface area (Å²) in [7, 11) is 3.92. The Hall–Kier alpha value is -2.51. The van der Waals surface area contributed by atoms with Gasteiger partial charge in [0.25, 0.3) is 11.8 Å². The van der Waals surface area contributed by atoms with Crippen LogP contribution in [0.1, 0.15) is 27.3 Å². The molecule has 0 spiro atoms. The third-order valence-corrected chi connectivity index (χ3v) is 3.79. The second-order valence-corrected chi connectivity index (χ2v) is 6.33. The van der Waals surface area contributed by atoms with Gasteiger partial charge in [-0.2, -0.15) is 0 Å². The molecule has 2 rings (SSSR count). The molecule has 138 valence electrons. The first-order valence-electron chi connectivity index (χ1n) is 8.02. The highest BCUT2D eigenvalue weighted by molar-refractivity contribution is 6.31. The van der Waals surface area contributed by atoms with Crippen molar-refractivity contribution >= 4 is 29.1 Å². The van der Waals surface area contributed by atoms with E-state index in [1.807, 2.05) is 19.0 Å². The Labute approximate surface area is 156 Å². The Balaban J connectivity index is 1.99. The minimum atomic E-state index is -0.568. The molecule has 1 aromatic carbocycles. The van der Waals surface area contributed by atoms with Gasteiger partial charge in [0, 0.05) is 24.0 Å². The maximum Gasteiger partial charge on any atom is 0.269 e. The van der Waals surface area contributed by atoms with Crippen molar-refractivity contribution < 1.29 is 14.0 Å². The maximum atomic E-state index is 13.2. The number of nitrogens with zero attached hydrogens (tertiary/aromatic N) is 2. The van der Waals surface area contributed by atoms with Crippen molar-refractivity contribution in [1.82, 2.24) is 15.2 Å². The van der Waals surface area contributed by atoms with Gasteiger partial charge in [0.05, 0.1) is 5.02 Å². The van der Waals surface area contributed by atoms with E-state index < -0.39 is 11.7 Å². The fraction of sp³-hybridized carbons (Fsp3) is 0.278. The fourth-order valence-corrected chi connectivity index (χ4v) is 2.34. The number of hydrogen-bond acceptors (Lipinski definition) is 4. The fourth-order valence-electron chi connectivity index (χ4n) is 2.16. The summed E-state index contributed by atoms with van der Waals surface area (Å²) in [6, 6.07) is 6.77. The lowest BCUT2D eigenvalue weighted by atomic mass is 10.2. The summed E-state index contributed by atoms with van der Waals surface area (Å²) in [5.74, 6) is -1.36. The van der Waals surface area contributed by atoms with Crippen LogP contribution >= 0.6 is 11.6 Å². The zero-order valence-corrected chi connectivity index (χ0v) is 15.3. The molecule has 0 unspecified atom stereocenters. The summed E-state index contributed by atoms with van der Waals surface area (Å²) >= 11 is 5.70. The first-order valence-corrected chi connectivity index (χ1v) is 8.40. The number of hydrogen-bond donors (Lipinski definition) is 2. The maximum absolute atomic E-state index is 13.2. The van der Waals surface area contributed by atoms with E-state index in [2.05, 4.69) is 15.6 Å². The molecule has 0 radical (unpaired) electrons. The molecule has 0 atom stereocenters. The molecule has 1 aromatic heterocycles. The van der Waals surface area contributed by atoms with Gasteiger partial charge in [-0.15, -0.1) is 0 Å². The summed E-state index contributed by atoms with van der Waals surface area (Å²) < 4.78 is 13.2. The van der Waals surface area contributed by atoms with Crippen molar-refractivity contribution in [2.24, 2.45) is 0 Å². The lowest BCUT2D eigenvalue weighted by molar-refractivity contribution is 0.0947. The average molecular weight is 379 g/mol. The van der Waals surface area contributed by atoms with Crippen molar-refractivity contribution in [3.8, 4) is 0 Å². The smallest absolute Gasteiger partial charge is 0.269 e. The first-order chi connectivity index (χ1) is 12.4. The molecule has 2 N–H and O–H groups in total. The zero-order valence-electron chi connectivity index (χ0n) is 14.6. The SMILES string of the molecule is CN(C)CCCNC(=O)c1cc(C(=O)Nc2ccc(F)c(Cl)c2)ccn1. The molecule has 0 aliphatic heterocycles. The van der Waals surface area contributed by atoms with Gasteiger partial charge in [-0.05, 0) is 57.4 Å². The molecular formula is C18H20ClFN4O2. The third kappa shape index (κ3) is 5.79. The molecule has 1 heterocycles. The molecule has 2 amide bonds. The van der Waals surface area contributed by atoms with Gasteiger partial charge in [-0.3, -0.25) is 14.6 Å². The monoisotopic (exact) mass is 378 g/mol. The van der Waals surface area contributed by atoms with Crippen molar-refractivity contribution in [2.45, 2.75) is 6.42 Å². The van der Waals surface area contributed by atoms with E-state index in [0.29, 0.717) is 12.2 Å². The number of amides is 2. The summed E-state index contributed by atoms with van der Waals surface area (Å²) in [6.07, 6.45) is 2.20. The van der Waals surface area contributed by atoms with Crippen LogP contribution in [0.15, 0.2) is 36.5 Å². The van der Waals surface area contributed by atoms with Gasteiger partial charge >= 0.3 is 0 Å². The van der Waals surface area contributed by atoms with Crippen LogP contribution in [-0.4, -0.2) is 48.9 Å². The molecule has 0 saturated carbocycles. The van der Waals surface area contributed by atoms with Crippen LogP contribution in [0.4, 0.5) is 10.1 Å². The molecule has 0 aliphatic carbocycles. The predicted molar refractivity (Wildman–Crippen MR) is 99.1 cm³/mol. The molecule has 26 heavy (non-hydrogen) atoms. The quantitative estimate of drug-likeness (QED) is 0.726. The van der Waals surface area contributed by atoms with E-state index in [1.54, 1.807) is 0 Å². The molecule has 0 fully saturated rings. The molecule has 0 aliphatic rings. The Morgan fingerprint density at radius 3 is 2.65 bits per heavy atom. The minimum absolute atomic E-state index is 0.0877. The second-order valence-electron chi connectivity index (χ2n) is 5.93. The predicted octanol–water partition coefficient (Wildman–Crippen LogP) is 2.81. The Kier molecular flexibility index (Phi) is 7.06. The van der Waals surface area contributed by atoms with Crippen LogP contribution in [0.5, 0.6) is 0 Å². The molecular weight excluding hydrogens is 359 g/mol. The number of carbonyl (C=O) groups is 2. The normalized spacial score (nSPS) is 10.7. The molecule has 2 aromatic rings. The van der Waals surface area contributed by atoms with Crippen LogP contribution in [0.2, 0.25) is 5.02 Å². The summed E-state index contributed by atoms with van der Waals surface area (Å²) in [4.78, 5) is 30.5.